The van der Waals surface area contributed by atoms with E-state index < -0.39 is 15.9 Å². The average molecular weight is 924 g/mol. The van der Waals surface area contributed by atoms with Gasteiger partial charge in [-0.1, -0.05) is 54.0 Å². The van der Waals surface area contributed by atoms with Crippen LogP contribution in [-0.2, 0) is 19.6 Å². The first-order valence-electron chi connectivity index (χ1n) is 22.1. The van der Waals surface area contributed by atoms with Gasteiger partial charge >= 0.3 is 5.69 Å². The number of carbonyl (C=O) groups excluding carboxylic acids is 1. The number of ether oxygens (including phenoxy) is 2. The number of amides is 1. The minimum absolute atomic E-state index is 0.00378. The monoisotopic (exact) mass is 922 g/mol. The Morgan fingerprint density at radius 1 is 1.02 bits per heavy atom. The Balaban J connectivity index is 0.995. The van der Waals surface area contributed by atoms with Gasteiger partial charge in [0, 0.05) is 86.9 Å². The SMILES string of the molecule is CO[N+](=O)c1cc(S(=O)(=O)NC(=O)c2ccc(N3CCN(CC4(C)CC(C)=C(C)CC4/C=C/c4ccc(Cl)cc4)CC3)cc2Oc2cnc3[nH]ccc3c2)ccc1NCC1CCOCC1. The van der Waals surface area contributed by atoms with Crippen molar-refractivity contribution in [3.8, 4) is 11.5 Å². The number of fused-ring (bicyclic) bond motifs is 1. The van der Waals surface area contributed by atoms with E-state index in [1.807, 2.05) is 24.3 Å². The molecule has 2 saturated heterocycles. The molecule has 0 bridgehead atoms. The molecule has 4 heterocycles. The quantitative estimate of drug-likeness (QED) is 0.0679. The van der Waals surface area contributed by atoms with Crippen molar-refractivity contribution >= 4 is 61.7 Å². The van der Waals surface area contributed by atoms with E-state index in [1.54, 1.807) is 30.6 Å². The third-order valence-corrected chi connectivity index (χ3v) is 14.7. The highest BCUT2D eigenvalue weighted by molar-refractivity contribution is 7.90. The lowest BCUT2D eigenvalue weighted by Gasteiger charge is -2.46. The van der Waals surface area contributed by atoms with Gasteiger partial charge in [0.1, 0.15) is 22.8 Å². The first kappa shape index (κ1) is 45.8. The number of allylic oxidation sites excluding steroid dienone is 3. The second-order valence-electron chi connectivity index (χ2n) is 17.7. The highest BCUT2D eigenvalue weighted by Crippen LogP contribution is 2.45. The summed E-state index contributed by atoms with van der Waals surface area (Å²) in [5.41, 5.74) is 5.98. The largest absolute Gasteiger partial charge is 0.455 e. The van der Waals surface area contributed by atoms with E-state index in [9.17, 15) is 18.1 Å². The van der Waals surface area contributed by atoms with Crippen LogP contribution < -0.4 is 19.7 Å². The number of hydrogen-bond donors (Lipinski definition) is 3. The number of halogens is 1. The van der Waals surface area contributed by atoms with Crippen LogP contribution in [0.15, 0.2) is 107 Å². The normalized spacial score (nSPS) is 20.0. The maximum Gasteiger partial charge on any atom is 0.340 e. The number of nitrogens with one attached hydrogen (secondary N) is 3. The summed E-state index contributed by atoms with van der Waals surface area (Å²) in [5, 5.41) is 4.79. The van der Waals surface area contributed by atoms with E-state index in [2.05, 4.69) is 74.9 Å². The summed E-state index contributed by atoms with van der Waals surface area (Å²) < 4.78 is 41.7. The molecule has 342 valence electrons. The molecule has 1 aliphatic carbocycles. The zero-order valence-electron chi connectivity index (χ0n) is 37.3. The van der Waals surface area contributed by atoms with Crippen LogP contribution in [0.5, 0.6) is 11.5 Å². The van der Waals surface area contributed by atoms with Crippen LogP contribution in [-0.4, -0.2) is 93.7 Å². The lowest BCUT2D eigenvalue weighted by molar-refractivity contribution is -0.736. The number of aromatic amines is 1. The molecule has 3 aromatic carbocycles. The zero-order chi connectivity index (χ0) is 45.7. The van der Waals surface area contributed by atoms with Crippen molar-refractivity contribution in [3.05, 3.63) is 123 Å². The van der Waals surface area contributed by atoms with Crippen molar-refractivity contribution in [2.75, 3.05) is 69.8 Å². The highest BCUT2D eigenvalue weighted by Gasteiger charge is 2.39. The third kappa shape index (κ3) is 10.9. The minimum Gasteiger partial charge on any atom is -0.455 e. The Morgan fingerprint density at radius 3 is 2.54 bits per heavy atom. The molecule has 2 aliphatic heterocycles. The number of anilines is 2. The van der Waals surface area contributed by atoms with Gasteiger partial charge in [-0.2, -0.15) is 0 Å². The van der Waals surface area contributed by atoms with Gasteiger partial charge in [-0.3, -0.25) is 9.69 Å². The number of rotatable bonds is 15. The van der Waals surface area contributed by atoms with Crippen molar-refractivity contribution in [2.24, 2.45) is 17.3 Å². The average Bonchev–Trinajstić information content (AvgIpc) is 3.78. The van der Waals surface area contributed by atoms with Gasteiger partial charge in [0.25, 0.3) is 20.9 Å². The lowest BCUT2D eigenvalue weighted by atomic mass is 9.65. The lowest BCUT2D eigenvalue weighted by Crippen LogP contribution is -2.51. The number of piperazine rings is 1. The fourth-order valence-corrected chi connectivity index (χ4v) is 10.3. The molecule has 2 unspecified atom stereocenters. The molecule has 0 radical (unpaired) electrons. The van der Waals surface area contributed by atoms with Gasteiger partial charge in [-0.25, -0.2) is 23.0 Å². The maximum absolute atomic E-state index is 14.1. The van der Waals surface area contributed by atoms with Crippen LogP contribution >= 0.6 is 11.6 Å². The van der Waals surface area contributed by atoms with Gasteiger partial charge in [0.15, 0.2) is 7.11 Å². The number of aromatic nitrogens is 2. The summed E-state index contributed by atoms with van der Waals surface area (Å²) in [6.07, 6.45) is 11.7. The molecule has 5 aromatic rings. The second kappa shape index (κ2) is 19.8. The Kier molecular flexibility index (Phi) is 13.9. The molecular weight excluding hydrogens is 866 g/mol. The molecule has 65 heavy (non-hydrogen) atoms. The first-order chi connectivity index (χ1) is 31.3. The van der Waals surface area contributed by atoms with Gasteiger partial charge in [-0.05, 0) is 111 Å². The number of nitrogens with zero attached hydrogens (tertiary/aromatic N) is 4. The fraction of sp³-hybridized carbons (Fsp3) is 0.388. The molecule has 0 saturated carbocycles. The number of sulfonamides is 1. The van der Waals surface area contributed by atoms with E-state index in [-0.39, 0.29) is 32.2 Å². The maximum atomic E-state index is 14.1. The van der Waals surface area contributed by atoms with Gasteiger partial charge in [-0.15, -0.1) is 0 Å². The molecular formula is C49H57ClN7O7S+. The van der Waals surface area contributed by atoms with Crippen molar-refractivity contribution in [1.29, 1.82) is 0 Å². The van der Waals surface area contributed by atoms with Gasteiger partial charge in [0.2, 0.25) is 0 Å². The van der Waals surface area contributed by atoms with Crippen molar-refractivity contribution in [3.63, 3.8) is 0 Å². The van der Waals surface area contributed by atoms with Crippen LogP contribution in [0, 0.1) is 22.2 Å². The summed E-state index contributed by atoms with van der Waals surface area (Å²) >= 11 is 6.15. The molecule has 1 amide bonds. The van der Waals surface area contributed by atoms with Crippen LogP contribution in [0.3, 0.4) is 0 Å². The fourth-order valence-electron chi connectivity index (χ4n) is 9.19. The summed E-state index contributed by atoms with van der Waals surface area (Å²) in [4.78, 5) is 44.1. The molecule has 16 heteroatoms. The molecule has 0 spiro atoms. The first-order valence-corrected chi connectivity index (χ1v) is 24.0. The molecule has 3 aliphatic rings. The Bertz CT molecular complexity index is 2710. The predicted molar refractivity (Wildman–Crippen MR) is 254 cm³/mol. The summed E-state index contributed by atoms with van der Waals surface area (Å²) in [6.45, 7) is 12.9. The highest BCUT2D eigenvalue weighted by atomic mass is 35.5. The molecule has 14 nitrogen and oxygen atoms in total. The van der Waals surface area contributed by atoms with Gasteiger partial charge < -0.3 is 24.7 Å². The minimum atomic E-state index is -4.48. The van der Waals surface area contributed by atoms with Crippen molar-refractivity contribution < 1.29 is 32.4 Å². The number of pyridine rings is 1. The predicted octanol–water partition coefficient (Wildman–Crippen LogP) is 9.53. The van der Waals surface area contributed by atoms with E-state index in [0.717, 1.165) is 80.1 Å². The van der Waals surface area contributed by atoms with Crippen LogP contribution in [0.2, 0.25) is 5.02 Å². The molecule has 8 rings (SSSR count). The Hall–Kier alpha value is -5.74. The molecule has 2 aromatic heterocycles. The Morgan fingerprint density at radius 2 is 1.78 bits per heavy atom. The number of carbonyl (C=O) groups is 1. The van der Waals surface area contributed by atoms with Crippen molar-refractivity contribution in [2.45, 2.75) is 51.3 Å². The van der Waals surface area contributed by atoms with Crippen LogP contribution in [0.4, 0.5) is 17.1 Å². The van der Waals surface area contributed by atoms with E-state index >= 15 is 0 Å². The second-order valence-corrected chi connectivity index (χ2v) is 19.9. The summed E-state index contributed by atoms with van der Waals surface area (Å²) in [5.74, 6) is 0.343. The van der Waals surface area contributed by atoms with Crippen molar-refractivity contribution in [1.82, 2.24) is 19.6 Å². The van der Waals surface area contributed by atoms with Crippen LogP contribution in [0.25, 0.3) is 17.1 Å². The zero-order valence-corrected chi connectivity index (χ0v) is 38.9. The molecule has 3 N–H and O–H groups in total. The smallest absolute Gasteiger partial charge is 0.340 e. The topological polar surface area (TPSA) is 158 Å². The molecule has 2 fully saturated rings. The van der Waals surface area contributed by atoms with Crippen LogP contribution in [0.1, 0.15) is 62.4 Å². The summed E-state index contributed by atoms with van der Waals surface area (Å²) in [6, 6.07) is 20.8. The number of H-pyrrole nitrogens is 1. The van der Waals surface area contributed by atoms with Gasteiger partial charge in [0.05, 0.1) is 21.6 Å². The number of benzene rings is 3. The van der Waals surface area contributed by atoms with E-state index in [1.165, 1.54) is 36.5 Å². The summed E-state index contributed by atoms with van der Waals surface area (Å²) in [7, 11) is -3.29. The molecule has 2 atom stereocenters. The number of hydrogen-bond acceptors (Lipinski definition) is 11. The third-order valence-electron chi connectivity index (χ3n) is 13.1. The standard InChI is InChI=1S/C49H56ClN7O7S/c1-33-25-38(8-5-35-6-9-39(50)10-7-35)49(3,29-34(33)2)32-55-19-21-56(22-20-55)40-11-13-43(46(27-40)64-41-26-37-15-18-51-47(37)53-31-41)48(58)54-65(60,61)42-12-14-44(45(28-42)57(59)62-4)52-30-36-16-23-63-24-17-36/h5-15,18,26-28,31,36,38H,16-17,19-25,29-30,32H2,1-4H3,(H2-,51,52,53,54,58,59)/p+1/b8-5+. The van der Waals surface area contributed by atoms with E-state index in [0.29, 0.717) is 48.7 Å². The Labute approximate surface area is 385 Å². The van der Waals surface area contributed by atoms with E-state index in [4.69, 9.17) is 25.9 Å².